The summed E-state index contributed by atoms with van der Waals surface area (Å²) in [5.74, 6) is 0.838. The number of hydrogen-bond acceptors (Lipinski definition) is 3. The zero-order valence-electron chi connectivity index (χ0n) is 12.0. The van der Waals surface area contributed by atoms with Crippen molar-refractivity contribution in [2.45, 2.75) is 6.54 Å². The van der Waals surface area contributed by atoms with Gasteiger partial charge in [0.1, 0.15) is 5.75 Å². The molecule has 0 aliphatic carbocycles. The van der Waals surface area contributed by atoms with E-state index in [2.05, 4.69) is 10.2 Å². The van der Waals surface area contributed by atoms with Gasteiger partial charge >= 0.3 is 0 Å². The fourth-order valence-electron chi connectivity index (χ4n) is 2.23. The van der Waals surface area contributed by atoms with Crippen molar-refractivity contribution in [3.63, 3.8) is 0 Å². The van der Waals surface area contributed by atoms with E-state index in [4.69, 9.17) is 16.3 Å². The molecule has 0 spiro atoms. The Labute approximate surface area is 125 Å². The maximum atomic E-state index is 6.14. The number of ether oxygens (including phenoxy) is 1. The number of halogens is 1. The van der Waals surface area contributed by atoms with Gasteiger partial charge in [-0.15, -0.1) is 0 Å². The van der Waals surface area contributed by atoms with Crippen LogP contribution in [0.3, 0.4) is 0 Å². The molecule has 2 aromatic rings. The van der Waals surface area contributed by atoms with E-state index in [0.717, 1.165) is 28.7 Å². The van der Waals surface area contributed by atoms with Gasteiger partial charge in [0.05, 0.1) is 12.8 Å². The maximum Gasteiger partial charge on any atom is 0.142 e. The van der Waals surface area contributed by atoms with Gasteiger partial charge in [-0.1, -0.05) is 29.8 Å². The average Bonchev–Trinajstić information content (AvgIpc) is 2.48. The lowest BCUT2D eigenvalue weighted by Gasteiger charge is -2.24. The Morgan fingerprint density at radius 3 is 2.60 bits per heavy atom. The third-order valence-corrected chi connectivity index (χ3v) is 3.46. The van der Waals surface area contributed by atoms with Gasteiger partial charge in [-0.2, -0.15) is 0 Å². The van der Waals surface area contributed by atoms with Crippen LogP contribution in [0, 0.1) is 0 Å². The van der Waals surface area contributed by atoms with Crippen LogP contribution < -0.4 is 15.0 Å². The number of methoxy groups -OCH3 is 1. The molecule has 0 atom stereocenters. The van der Waals surface area contributed by atoms with Crippen molar-refractivity contribution in [3.05, 3.63) is 53.1 Å². The Kier molecular flexibility index (Phi) is 4.88. The Balaban J connectivity index is 2.46. The minimum Gasteiger partial charge on any atom is -0.495 e. The first-order chi connectivity index (χ1) is 9.67. The number of anilines is 2. The van der Waals surface area contributed by atoms with E-state index in [9.17, 15) is 0 Å². The van der Waals surface area contributed by atoms with E-state index in [1.807, 2.05) is 56.6 Å². The van der Waals surface area contributed by atoms with Gasteiger partial charge in [-0.25, -0.2) is 0 Å². The summed E-state index contributed by atoms with van der Waals surface area (Å²) >= 11 is 6.14. The Hall–Kier alpha value is -1.71. The van der Waals surface area contributed by atoms with E-state index in [1.54, 1.807) is 7.11 Å². The lowest BCUT2D eigenvalue weighted by Crippen LogP contribution is -2.15. The van der Waals surface area contributed by atoms with E-state index >= 15 is 0 Å². The highest BCUT2D eigenvalue weighted by Crippen LogP contribution is 2.35. The molecule has 0 saturated heterocycles. The fraction of sp³-hybridized carbons (Fsp3) is 0.250. The normalized spacial score (nSPS) is 10.4. The van der Waals surface area contributed by atoms with Crippen LogP contribution in [0.15, 0.2) is 42.5 Å². The highest BCUT2D eigenvalue weighted by molar-refractivity contribution is 6.30. The number of nitrogens with zero attached hydrogens (tertiary/aromatic N) is 1. The van der Waals surface area contributed by atoms with Crippen LogP contribution in [0.4, 0.5) is 11.4 Å². The van der Waals surface area contributed by atoms with Crippen molar-refractivity contribution in [2.24, 2.45) is 0 Å². The lowest BCUT2D eigenvalue weighted by molar-refractivity contribution is 0.415. The first-order valence-corrected chi connectivity index (χ1v) is 6.85. The molecule has 3 nitrogen and oxygen atoms in total. The van der Waals surface area contributed by atoms with Crippen LogP contribution in [0.1, 0.15) is 5.56 Å². The quantitative estimate of drug-likeness (QED) is 0.905. The molecule has 0 aliphatic rings. The molecule has 0 saturated carbocycles. The molecular weight excluding hydrogens is 272 g/mol. The van der Waals surface area contributed by atoms with E-state index in [0.29, 0.717) is 0 Å². The van der Waals surface area contributed by atoms with Crippen molar-refractivity contribution in [1.29, 1.82) is 0 Å². The molecule has 0 unspecified atom stereocenters. The topological polar surface area (TPSA) is 24.5 Å². The maximum absolute atomic E-state index is 6.14. The third kappa shape index (κ3) is 3.06. The molecule has 0 fully saturated rings. The molecule has 0 amide bonds. The summed E-state index contributed by atoms with van der Waals surface area (Å²) < 4.78 is 5.43. The van der Waals surface area contributed by atoms with Crippen LogP contribution >= 0.6 is 11.6 Å². The van der Waals surface area contributed by atoms with E-state index in [-0.39, 0.29) is 0 Å². The van der Waals surface area contributed by atoms with Crippen molar-refractivity contribution in [1.82, 2.24) is 5.32 Å². The molecule has 0 heterocycles. The van der Waals surface area contributed by atoms with Crippen LogP contribution in [-0.4, -0.2) is 21.2 Å². The molecule has 0 aromatic heterocycles. The molecule has 106 valence electrons. The standard InChI is InChI=1S/C16H19ClN2O/c1-18-11-12-8-9-13(17)10-15(12)19(2)14-6-4-5-7-16(14)20-3/h4-10,18H,11H2,1-3H3. The van der Waals surface area contributed by atoms with Crippen molar-refractivity contribution in [2.75, 3.05) is 26.1 Å². The molecular formula is C16H19ClN2O. The molecule has 2 rings (SSSR count). The summed E-state index contributed by atoms with van der Waals surface area (Å²) in [6.45, 7) is 0.784. The van der Waals surface area contributed by atoms with Gasteiger partial charge in [-0.05, 0) is 36.9 Å². The minimum atomic E-state index is 0.724. The Morgan fingerprint density at radius 1 is 1.15 bits per heavy atom. The van der Waals surface area contributed by atoms with Gasteiger partial charge in [-0.3, -0.25) is 0 Å². The predicted octanol–water partition coefficient (Wildman–Crippen LogP) is 3.84. The zero-order valence-corrected chi connectivity index (χ0v) is 12.7. The van der Waals surface area contributed by atoms with Gasteiger partial charge in [0, 0.05) is 24.3 Å². The summed E-state index contributed by atoms with van der Waals surface area (Å²) in [5.41, 5.74) is 3.26. The average molecular weight is 291 g/mol. The molecule has 0 radical (unpaired) electrons. The van der Waals surface area contributed by atoms with Crippen LogP contribution in [0.2, 0.25) is 5.02 Å². The second kappa shape index (κ2) is 6.64. The Bertz CT molecular complexity index is 586. The summed E-state index contributed by atoms with van der Waals surface area (Å²) in [5, 5.41) is 3.90. The van der Waals surface area contributed by atoms with Gasteiger partial charge in [0.25, 0.3) is 0 Å². The second-order valence-electron chi connectivity index (χ2n) is 4.53. The first-order valence-electron chi connectivity index (χ1n) is 6.47. The minimum absolute atomic E-state index is 0.724. The smallest absolute Gasteiger partial charge is 0.142 e. The summed E-state index contributed by atoms with van der Waals surface area (Å²) in [4.78, 5) is 2.09. The molecule has 1 N–H and O–H groups in total. The molecule has 0 aliphatic heterocycles. The van der Waals surface area contributed by atoms with Crippen LogP contribution in [0.25, 0.3) is 0 Å². The summed E-state index contributed by atoms with van der Waals surface area (Å²) in [7, 11) is 5.63. The number of hydrogen-bond donors (Lipinski definition) is 1. The third-order valence-electron chi connectivity index (χ3n) is 3.22. The molecule has 0 bridgehead atoms. The highest BCUT2D eigenvalue weighted by Gasteiger charge is 2.13. The zero-order chi connectivity index (χ0) is 14.5. The molecule has 2 aromatic carbocycles. The second-order valence-corrected chi connectivity index (χ2v) is 4.97. The van der Waals surface area contributed by atoms with Crippen LogP contribution in [0.5, 0.6) is 5.75 Å². The van der Waals surface area contributed by atoms with Crippen molar-refractivity contribution < 1.29 is 4.74 Å². The van der Waals surface area contributed by atoms with Crippen molar-refractivity contribution >= 4 is 23.0 Å². The monoisotopic (exact) mass is 290 g/mol. The highest BCUT2D eigenvalue weighted by atomic mass is 35.5. The molecule has 20 heavy (non-hydrogen) atoms. The largest absolute Gasteiger partial charge is 0.495 e. The Morgan fingerprint density at radius 2 is 1.90 bits per heavy atom. The lowest BCUT2D eigenvalue weighted by atomic mass is 10.1. The number of para-hydroxylation sites is 2. The van der Waals surface area contributed by atoms with Gasteiger partial charge in [0.2, 0.25) is 0 Å². The number of benzene rings is 2. The van der Waals surface area contributed by atoms with E-state index in [1.165, 1.54) is 5.56 Å². The van der Waals surface area contributed by atoms with Crippen LogP contribution in [-0.2, 0) is 6.54 Å². The van der Waals surface area contributed by atoms with Gasteiger partial charge < -0.3 is 15.0 Å². The predicted molar refractivity (Wildman–Crippen MR) is 85.3 cm³/mol. The fourth-order valence-corrected chi connectivity index (χ4v) is 2.39. The molecule has 4 heteroatoms. The number of nitrogens with one attached hydrogen (secondary N) is 1. The summed E-state index contributed by atoms with van der Waals surface area (Å²) in [6.07, 6.45) is 0. The van der Waals surface area contributed by atoms with E-state index < -0.39 is 0 Å². The number of rotatable bonds is 5. The van der Waals surface area contributed by atoms with Crippen molar-refractivity contribution in [3.8, 4) is 5.75 Å². The first kappa shape index (κ1) is 14.7. The van der Waals surface area contributed by atoms with Gasteiger partial charge in [0.15, 0.2) is 0 Å². The summed E-state index contributed by atoms with van der Waals surface area (Å²) in [6, 6.07) is 13.9. The SMILES string of the molecule is CNCc1ccc(Cl)cc1N(C)c1ccccc1OC.